The first-order valence-corrected chi connectivity index (χ1v) is 7.62. The lowest BCUT2D eigenvalue weighted by molar-refractivity contribution is 0.492. The smallest absolute Gasteiger partial charge is 0.138 e. The van der Waals surface area contributed by atoms with Crippen molar-refractivity contribution in [2.45, 2.75) is 37.2 Å². The summed E-state index contributed by atoms with van der Waals surface area (Å²) in [7, 11) is 0. The molecule has 19 heavy (non-hydrogen) atoms. The highest BCUT2D eigenvalue weighted by Crippen LogP contribution is 2.26. The third-order valence-electron chi connectivity index (χ3n) is 3.08. The summed E-state index contributed by atoms with van der Waals surface area (Å²) in [6.07, 6.45) is 4.38. The predicted octanol–water partition coefficient (Wildman–Crippen LogP) is 2.82. The van der Waals surface area contributed by atoms with E-state index in [2.05, 4.69) is 42.3 Å². The van der Waals surface area contributed by atoms with Crippen molar-refractivity contribution in [1.82, 2.24) is 14.8 Å². The van der Waals surface area contributed by atoms with E-state index in [4.69, 9.17) is 5.73 Å². The summed E-state index contributed by atoms with van der Waals surface area (Å²) in [5.74, 6) is 0.943. The van der Waals surface area contributed by atoms with Crippen LogP contribution in [0.25, 0.3) is 0 Å². The molecule has 0 spiro atoms. The van der Waals surface area contributed by atoms with Gasteiger partial charge in [-0.25, -0.2) is 9.67 Å². The lowest BCUT2D eigenvalue weighted by Gasteiger charge is -2.16. The Labute approximate surface area is 118 Å². The van der Waals surface area contributed by atoms with Crippen LogP contribution >= 0.6 is 11.8 Å². The molecule has 2 rings (SSSR count). The Balaban J connectivity index is 2.21. The molecule has 2 aromatic rings. The molecule has 0 aliphatic rings. The topological polar surface area (TPSA) is 56.7 Å². The van der Waals surface area contributed by atoms with E-state index >= 15 is 0 Å². The van der Waals surface area contributed by atoms with Crippen molar-refractivity contribution in [2.75, 3.05) is 6.26 Å². The molecule has 1 heterocycles. The molecule has 0 aliphatic carbocycles. The van der Waals surface area contributed by atoms with Gasteiger partial charge >= 0.3 is 0 Å². The van der Waals surface area contributed by atoms with E-state index in [1.807, 2.05) is 16.8 Å². The van der Waals surface area contributed by atoms with Crippen LogP contribution < -0.4 is 5.73 Å². The quantitative estimate of drug-likeness (QED) is 0.853. The van der Waals surface area contributed by atoms with Crippen LogP contribution in [0.5, 0.6) is 0 Å². The second kappa shape index (κ2) is 6.21. The van der Waals surface area contributed by atoms with Crippen LogP contribution in [0.1, 0.15) is 37.3 Å². The molecule has 2 N–H and O–H groups in total. The van der Waals surface area contributed by atoms with Crippen molar-refractivity contribution in [1.29, 1.82) is 0 Å². The zero-order chi connectivity index (χ0) is 13.8. The molecule has 0 amide bonds. The summed E-state index contributed by atoms with van der Waals surface area (Å²) in [6.45, 7) is 4.19. The minimum Gasteiger partial charge on any atom is -0.324 e. The van der Waals surface area contributed by atoms with E-state index in [1.165, 1.54) is 10.5 Å². The maximum absolute atomic E-state index is 6.34. The molecule has 4 nitrogen and oxygen atoms in total. The van der Waals surface area contributed by atoms with Crippen molar-refractivity contribution in [2.24, 2.45) is 5.73 Å². The molecule has 1 aromatic heterocycles. The Hall–Kier alpha value is -1.33. The SMILES string of the molecule is CSc1ccccc1C(N)Cc1ncnn1C(C)C. The first kappa shape index (κ1) is 14.1. The summed E-state index contributed by atoms with van der Waals surface area (Å²) in [5, 5.41) is 4.25. The van der Waals surface area contributed by atoms with E-state index in [-0.39, 0.29) is 6.04 Å². The van der Waals surface area contributed by atoms with Crippen molar-refractivity contribution >= 4 is 11.8 Å². The first-order chi connectivity index (χ1) is 9.13. The van der Waals surface area contributed by atoms with Crippen molar-refractivity contribution < 1.29 is 0 Å². The van der Waals surface area contributed by atoms with Crippen LogP contribution in [0.15, 0.2) is 35.5 Å². The number of nitrogens with two attached hydrogens (primary N) is 1. The Morgan fingerprint density at radius 1 is 1.32 bits per heavy atom. The van der Waals surface area contributed by atoms with Crippen LogP contribution in [0.3, 0.4) is 0 Å². The molecule has 0 bridgehead atoms. The number of thioether (sulfide) groups is 1. The lowest BCUT2D eigenvalue weighted by atomic mass is 10.0. The molecule has 1 aromatic carbocycles. The van der Waals surface area contributed by atoms with Gasteiger partial charge in [0.1, 0.15) is 12.2 Å². The van der Waals surface area contributed by atoms with E-state index in [0.717, 1.165) is 5.82 Å². The average Bonchev–Trinajstić information content (AvgIpc) is 2.87. The van der Waals surface area contributed by atoms with Gasteiger partial charge in [-0.2, -0.15) is 5.10 Å². The number of rotatable bonds is 5. The number of nitrogens with zero attached hydrogens (tertiary/aromatic N) is 3. The molecule has 1 unspecified atom stereocenters. The number of hydrogen-bond donors (Lipinski definition) is 1. The second-order valence-corrected chi connectivity index (χ2v) is 5.62. The maximum atomic E-state index is 6.34. The van der Waals surface area contributed by atoms with E-state index < -0.39 is 0 Å². The highest BCUT2D eigenvalue weighted by atomic mass is 32.2. The van der Waals surface area contributed by atoms with Crippen LogP contribution in [-0.2, 0) is 6.42 Å². The fourth-order valence-electron chi connectivity index (χ4n) is 2.13. The second-order valence-electron chi connectivity index (χ2n) is 4.77. The van der Waals surface area contributed by atoms with Crippen LogP contribution in [0.2, 0.25) is 0 Å². The van der Waals surface area contributed by atoms with Gasteiger partial charge in [0.2, 0.25) is 0 Å². The third kappa shape index (κ3) is 3.16. The van der Waals surface area contributed by atoms with Gasteiger partial charge in [0.25, 0.3) is 0 Å². The predicted molar refractivity (Wildman–Crippen MR) is 79.3 cm³/mol. The maximum Gasteiger partial charge on any atom is 0.138 e. The van der Waals surface area contributed by atoms with E-state index in [0.29, 0.717) is 12.5 Å². The molecule has 1 atom stereocenters. The first-order valence-electron chi connectivity index (χ1n) is 6.40. The van der Waals surface area contributed by atoms with Crippen molar-refractivity contribution in [3.05, 3.63) is 42.0 Å². The van der Waals surface area contributed by atoms with Gasteiger partial charge in [-0.05, 0) is 31.7 Å². The molecule has 0 radical (unpaired) electrons. The van der Waals surface area contributed by atoms with Crippen molar-refractivity contribution in [3.8, 4) is 0 Å². The average molecular weight is 276 g/mol. The minimum absolute atomic E-state index is 0.0506. The normalized spacial score (nSPS) is 12.9. The van der Waals surface area contributed by atoms with Gasteiger partial charge in [-0.15, -0.1) is 11.8 Å². The molecule has 5 heteroatoms. The molecule has 0 fully saturated rings. The fourth-order valence-corrected chi connectivity index (χ4v) is 2.80. The molecule has 0 saturated carbocycles. The monoisotopic (exact) mass is 276 g/mol. The van der Waals surface area contributed by atoms with Crippen LogP contribution in [0.4, 0.5) is 0 Å². The Morgan fingerprint density at radius 3 is 2.74 bits per heavy atom. The Bertz CT molecular complexity index is 536. The molecule has 0 saturated heterocycles. The zero-order valence-electron chi connectivity index (χ0n) is 11.6. The lowest BCUT2D eigenvalue weighted by Crippen LogP contribution is -2.18. The van der Waals surface area contributed by atoms with E-state index in [9.17, 15) is 0 Å². The van der Waals surface area contributed by atoms with Crippen molar-refractivity contribution in [3.63, 3.8) is 0 Å². The third-order valence-corrected chi connectivity index (χ3v) is 3.89. The van der Waals surface area contributed by atoms with Gasteiger partial charge in [-0.3, -0.25) is 0 Å². The van der Waals surface area contributed by atoms with Gasteiger partial charge < -0.3 is 5.73 Å². The fraction of sp³-hybridized carbons (Fsp3) is 0.429. The summed E-state index contributed by atoms with van der Waals surface area (Å²) < 4.78 is 1.93. The number of hydrogen-bond acceptors (Lipinski definition) is 4. The standard InChI is InChI=1S/C14H20N4S/c1-10(2)18-14(16-9-17-18)8-12(15)11-6-4-5-7-13(11)19-3/h4-7,9-10,12H,8,15H2,1-3H3. The minimum atomic E-state index is -0.0506. The largest absolute Gasteiger partial charge is 0.324 e. The Kier molecular flexibility index (Phi) is 4.61. The Morgan fingerprint density at radius 2 is 2.05 bits per heavy atom. The highest BCUT2D eigenvalue weighted by molar-refractivity contribution is 7.98. The number of benzene rings is 1. The highest BCUT2D eigenvalue weighted by Gasteiger charge is 2.15. The van der Waals surface area contributed by atoms with Gasteiger partial charge in [0, 0.05) is 23.4 Å². The van der Waals surface area contributed by atoms with Gasteiger partial charge in [-0.1, -0.05) is 18.2 Å². The van der Waals surface area contributed by atoms with Gasteiger partial charge in [0.05, 0.1) is 0 Å². The summed E-state index contributed by atoms with van der Waals surface area (Å²) in [5.41, 5.74) is 7.51. The summed E-state index contributed by atoms with van der Waals surface area (Å²) in [4.78, 5) is 5.55. The van der Waals surface area contributed by atoms with Crippen LogP contribution in [-0.4, -0.2) is 21.0 Å². The molecular weight excluding hydrogens is 256 g/mol. The summed E-state index contributed by atoms with van der Waals surface area (Å²) >= 11 is 1.72. The van der Waals surface area contributed by atoms with Crippen LogP contribution in [0, 0.1) is 0 Å². The van der Waals surface area contributed by atoms with E-state index in [1.54, 1.807) is 18.1 Å². The number of aromatic nitrogens is 3. The molecule has 0 aliphatic heterocycles. The zero-order valence-corrected chi connectivity index (χ0v) is 12.4. The summed E-state index contributed by atoms with van der Waals surface area (Å²) in [6, 6.07) is 8.52. The molecular formula is C14H20N4S. The van der Waals surface area contributed by atoms with Gasteiger partial charge in [0.15, 0.2) is 0 Å². The molecule has 102 valence electrons.